The molecule has 1 saturated heterocycles. The van der Waals surface area contributed by atoms with E-state index >= 15 is 0 Å². The van der Waals surface area contributed by atoms with Crippen molar-refractivity contribution in [1.29, 1.82) is 0 Å². The Kier molecular flexibility index (Phi) is 5.87. The zero-order chi connectivity index (χ0) is 24.7. The Bertz CT molecular complexity index is 1480. The number of hydrogen-bond acceptors (Lipinski definition) is 10. The molecule has 0 spiro atoms. The first-order chi connectivity index (χ1) is 16.7. The smallest absolute Gasteiger partial charge is 0.324 e. The Labute approximate surface area is 200 Å². The summed E-state index contributed by atoms with van der Waals surface area (Å²) < 4.78 is 50.6. The van der Waals surface area contributed by atoms with Crippen LogP contribution in [0, 0.1) is 5.82 Å². The van der Waals surface area contributed by atoms with Crippen LogP contribution in [-0.2, 0) is 9.84 Å². The van der Waals surface area contributed by atoms with Crippen molar-refractivity contribution in [2.45, 2.75) is 43.5 Å². The molecular weight excluding hydrogens is 477 g/mol. The summed E-state index contributed by atoms with van der Waals surface area (Å²) in [6.45, 7) is 5.49. The number of nitrogens with zero attached hydrogens (tertiary/aromatic N) is 7. The second-order valence-electron chi connectivity index (χ2n) is 8.78. The van der Waals surface area contributed by atoms with Crippen LogP contribution in [0.3, 0.4) is 0 Å². The molecule has 13 heteroatoms. The molecule has 1 fully saturated rings. The lowest BCUT2D eigenvalue weighted by Gasteiger charge is -2.30. The third-order valence-electron chi connectivity index (χ3n) is 5.90. The molecule has 0 unspecified atom stereocenters. The quantitative estimate of drug-likeness (QED) is 0.387. The molecule has 0 aliphatic carbocycles. The van der Waals surface area contributed by atoms with Gasteiger partial charge in [0, 0.05) is 31.3 Å². The van der Waals surface area contributed by atoms with E-state index in [1.54, 1.807) is 6.20 Å². The molecule has 35 heavy (non-hydrogen) atoms. The minimum absolute atomic E-state index is 0.102. The molecule has 0 saturated carbocycles. The van der Waals surface area contributed by atoms with E-state index in [0.29, 0.717) is 22.9 Å². The first-order valence-electron chi connectivity index (χ1n) is 11.1. The lowest BCUT2D eigenvalue weighted by molar-refractivity contribution is 0.346. The number of piperidine rings is 1. The highest BCUT2D eigenvalue weighted by molar-refractivity contribution is 7.90. The van der Waals surface area contributed by atoms with Crippen molar-refractivity contribution in [2.24, 2.45) is 0 Å². The van der Waals surface area contributed by atoms with Crippen molar-refractivity contribution >= 4 is 26.9 Å². The number of sulfone groups is 1. The molecule has 0 amide bonds. The van der Waals surface area contributed by atoms with Crippen molar-refractivity contribution in [1.82, 2.24) is 29.9 Å². The van der Waals surface area contributed by atoms with Gasteiger partial charge in [-0.2, -0.15) is 10.1 Å². The van der Waals surface area contributed by atoms with Gasteiger partial charge in [-0.1, -0.05) is 19.0 Å². The van der Waals surface area contributed by atoms with Gasteiger partial charge in [0.05, 0.1) is 12.2 Å². The highest BCUT2D eigenvalue weighted by atomic mass is 32.2. The van der Waals surface area contributed by atoms with Crippen LogP contribution in [0.4, 0.5) is 10.4 Å². The largest absolute Gasteiger partial charge is 0.438 e. The Morgan fingerprint density at radius 3 is 2.63 bits per heavy atom. The van der Waals surface area contributed by atoms with E-state index in [0.717, 1.165) is 38.3 Å². The lowest BCUT2D eigenvalue weighted by Crippen LogP contribution is -2.35. The summed E-state index contributed by atoms with van der Waals surface area (Å²) in [5.74, 6) is 0.328. The van der Waals surface area contributed by atoms with E-state index in [2.05, 4.69) is 30.1 Å². The lowest BCUT2D eigenvalue weighted by atomic mass is 10.1. The van der Waals surface area contributed by atoms with Gasteiger partial charge in [0.1, 0.15) is 28.2 Å². The van der Waals surface area contributed by atoms with Crippen LogP contribution in [0.2, 0.25) is 0 Å². The molecule has 0 radical (unpaired) electrons. The van der Waals surface area contributed by atoms with Crippen LogP contribution in [0.15, 0.2) is 40.1 Å². The molecule has 0 bridgehead atoms. The minimum atomic E-state index is -3.68. The molecule has 1 aromatic carbocycles. The predicted octanol–water partition coefficient (Wildman–Crippen LogP) is 3.51. The monoisotopic (exact) mass is 501 g/mol. The Balaban J connectivity index is 1.33. The fourth-order valence-corrected chi connectivity index (χ4v) is 4.77. The van der Waals surface area contributed by atoms with E-state index in [4.69, 9.17) is 9.26 Å². The summed E-state index contributed by atoms with van der Waals surface area (Å²) in [5.41, 5.74) is 0.599. The van der Waals surface area contributed by atoms with Crippen LogP contribution < -0.4 is 9.64 Å². The number of benzene rings is 1. The number of hydrogen-bond donors (Lipinski definition) is 0. The Morgan fingerprint density at radius 1 is 1.20 bits per heavy atom. The fourth-order valence-electron chi connectivity index (χ4n) is 4.04. The molecule has 0 N–H and O–H groups in total. The number of aromatic nitrogens is 6. The molecule has 4 aromatic rings. The molecule has 5 rings (SSSR count). The van der Waals surface area contributed by atoms with E-state index in [1.165, 1.54) is 18.5 Å². The summed E-state index contributed by atoms with van der Waals surface area (Å²) in [4.78, 5) is 14.7. The van der Waals surface area contributed by atoms with Gasteiger partial charge in [-0.3, -0.25) is 0 Å². The van der Waals surface area contributed by atoms with Crippen LogP contribution >= 0.6 is 0 Å². The zero-order valence-corrected chi connectivity index (χ0v) is 20.2. The van der Waals surface area contributed by atoms with E-state index in [1.807, 2.05) is 18.5 Å². The van der Waals surface area contributed by atoms with Gasteiger partial charge >= 0.3 is 6.01 Å². The summed E-state index contributed by atoms with van der Waals surface area (Å²) in [5, 5.41) is 9.13. The number of fused-ring (bicyclic) bond motifs is 1. The average Bonchev–Trinajstić information content (AvgIpc) is 3.47. The van der Waals surface area contributed by atoms with Crippen molar-refractivity contribution in [3.8, 4) is 11.6 Å². The number of ether oxygens (including phenoxy) is 1. The van der Waals surface area contributed by atoms with E-state index in [-0.39, 0.29) is 23.6 Å². The van der Waals surface area contributed by atoms with Crippen molar-refractivity contribution in [3.05, 3.63) is 42.4 Å². The highest BCUT2D eigenvalue weighted by Crippen LogP contribution is 2.32. The number of anilines is 1. The highest BCUT2D eigenvalue weighted by Gasteiger charge is 2.27. The summed E-state index contributed by atoms with van der Waals surface area (Å²) >= 11 is 0. The van der Waals surface area contributed by atoms with Crippen LogP contribution in [-0.4, -0.2) is 57.7 Å². The maximum atomic E-state index is 14.3. The van der Waals surface area contributed by atoms with Crippen molar-refractivity contribution in [2.75, 3.05) is 24.2 Å². The van der Waals surface area contributed by atoms with E-state index < -0.39 is 20.5 Å². The van der Waals surface area contributed by atoms with Gasteiger partial charge in [0.25, 0.3) is 0 Å². The Hall–Kier alpha value is -3.61. The summed E-state index contributed by atoms with van der Waals surface area (Å²) in [6.07, 6.45) is 5.52. The molecule has 3 aromatic heterocycles. The molecule has 11 nitrogen and oxygen atoms in total. The van der Waals surface area contributed by atoms with Gasteiger partial charge in [0.15, 0.2) is 21.3 Å². The zero-order valence-electron chi connectivity index (χ0n) is 19.4. The molecule has 1 aliphatic heterocycles. The first kappa shape index (κ1) is 23.1. The molecule has 1 aliphatic rings. The molecule has 0 atom stereocenters. The topological polar surface area (TPSA) is 129 Å². The third kappa shape index (κ3) is 4.55. The maximum Gasteiger partial charge on any atom is 0.324 e. The first-order valence-corrected chi connectivity index (χ1v) is 13.0. The van der Waals surface area contributed by atoms with Gasteiger partial charge in [-0.25, -0.2) is 27.5 Å². The predicted molar refractivity (Wildman–Crippen MR) is 124 cm³/mol. The van der Waals surface area contributed by atoms with E-state index in [9.17, 15) is 12.8 Å². The average molecular weight is 502 g/mol. The second kappa shape index (κ2) is 8.87. The Morgan fingerprint density at radius 2 is 1.97 bits per heavy atom. The van der Waals surface area contributed by atoms with Gasteiger partial charge in [-0.05, 0) is 25.0 Å². The summed E-state index contributed by atoms with van der Waals surface area (Å²) in [7, 11) is -3.68. The fraction of sp³-hybridized carbons (Fsp3) is 0.409. The maximum absolute atomic E-state index is 14.3. The second-order valence-corrected chi connectivity index (χ2v) is 10.8. The summed E-state index contributed by atoms with van der Waals surface area (Å²) in [6, 6.07) is 4.21. The molecule has 4 heterocycles. The van der Waals surface area contributed by atoms with Gasteiger partial charge < -0.3 is 14.2 Å². The standard InChI is InChI=1S/C22H24FN7O4S/c1-13(2)19-27-22(34-28-19)29-8-6-14(7-9-29)30-20-16(11-26-30)21(25-12-24-20)33-15-4-5-18(17(23)10-15)35(3,31)32/h4-5,10-14H,6-9H2,1-3H3. The van der Waals surface area contributed by atoms with Crippen LogP contribution in [0.1, 0.15) is 44.5 Å². The number of halogens is 1. The third-order valence-corrected chi connectivity index (χ3v) is 7.03. The number of rotatable bonds is 6. The van der Waals surface area contributed by atoms with Gasteiger partial charge in [-0.15, -0.1) is 0 Å². The molecular formula is C22H24FN7O4S. The van der Waals surface area contributed by atoms with Crippen molar-refractivity contribution in [3.63, 3.8) is 0 Å². The minimum Gasteiger partial charge on any atom is -0.438 e. The normalized spacial score (nSPS) is 15.3. The molecule has 184 valence electrons. The van der Waals surface area contributed by atoms with Crippen LogP contribution in [0.5, 0.6) is 11.6 Å². The van der Waals surface area contributed by atoms with Gasteiger partial charge in [0.2, 0.25) is 5.88 Å². The van der Waals surface area contributed by atoms with Crippen molar-refractivity contribution < 1.29 is 22.1 Å². The SMILES string of the molecule is CC(C)c1noc(N2CCC(n3ncc4c(Oc5ccc(S(C)(=O)=O)c(F)c5)ncnc43)CC2)n1. The van der Waals surface area contributed by atoms with Crippen LogP contribution in [0.25, 0.3) is 11.0 Å².